The van der Waals surface area contributed by atoms with E-state index in [2.05, 4.69) is 4.98 Å². The predicted octanol–water partition coefficient (Wildman–Crippen LogP) is 3.63. The van der Waals surface area contributed by atoms with Crippen LogP contribution in [-0.2, 0) is 16.0 Å². The van der Waals surface area contributed by atoms with Crippen molar-refractivity contribution in [3.8, 4) is 11.1 Å². The molecule has 0 amide bonds. The summed E-state index contributed by atoms with van der Waals surface area (Å²) >= 11 is 5.85. The lowest BCUT2D eigenvalue weighted by molar-refractivity contribution is -0.141. The number of aliphatic hydroxyl groups is 1. The van der Waals surface area contributed by atoms with Crippen molar-refractivity contribution < 1.29 is 26.7 Å². The molecule has 0 aliphatic heterocycles. The maximum atomic E-state index is 13.4. The molecule has 1 aromatic carbocycles. The monoisotopic (exact) mass is 424 g/mol. The van der Waals surface area contributed by atoms with E-state index in [-0.39, 0.29) is 29.1 Å². The third kappa shape index (κ3) is 5.25. The summed E-state index contributed by atoms with van der Waals surface area (Å²) in [6, 6.07) is 6.21. The lowest BCUT2D eigenvalue weighted by Crippen LogP contribution is -2.30. The number of alkyl halides is 3. The van der Waals surface area contributed by atoms with Gasteiger partial charge in [0.2, 0.25) is 0 Å². The average Bonchev–Trinajstić information content (AvgIpc) is 2.89. The molecule has 10 heteroatoms. The van der Waals surface area contributed by atoms with Gasteiger partial charge in [-0.3, -0.25) is 4.90 Å². The lowest BCUT2D eigenvalue weighted by atomic mass is 10.00. The summed E-state index contributed by atoms with van der Waals surface area (Å²) in [5.74, 6) is -0.233. The van der Waals surface area contributed by atoms with Crippen LogP contribution in [0.5, 0.6) is 0 Å². The Morgan fingerprint density at radius 3 is 2.30 bits per heavy atom. The van der Waals surface area contributed by atoms with Crippen LogP contribution in [0, 0.1) is 6.92 Å². The zero-order valence-electron chi connectivity index (χ0n) is 14.9. The number of aromatic nitrogens is 1. The third-order valence-corrected chi connectivity index (χ3v) is 5.36. The van der Waals surface area contributed by atoms with Gasteiger partial charge in [0.1, 0.15) is 21.8 Å². The first-order valence-corrected chi connectivity index (χ1v) is 10.4. The molecule has 27 heavy (non-hydrogen) atoms. The topological polar surface area (TPSA) is 73.4 Å². The number of nitrogens with one attached hydrogen (secondary N) is 1. The predicted molar refractivity (Wildman–Crippen MR) is 98.3 cm³/mol. The first-order chi connectivity index (χ1) is 12.3. The molecule has 0 aliphatic rings. The number of benzene rings is 1. The van der Waals surface area contributed by atoms with Crippen LogP contribution in [0.2, 0.25) is 5.02 Å². The Morgan fingerprint density at radius 1 is 1.26 bits per heavy atom. The molecule has 150 valence electrons. The molecular formula is C17H20ClF3N2O3S. The second kappa shape index (κ2) is 7.83. The van der Waals surface area contributed by atoms with Gasteiger partial charge in [-0.2, -0.15) is 13.2 Å². The van der Waals surface area contributed by atoms with Gasteiger partial charge >= 0.3 is 6.18 Å². The maximum Gasteiger partial charge on any atom is 0.431 e. The first-order valence-electron chi connectivity index (χ1n) is 7.93. The molecule has 2 N–H and O–H groups in total. The van der Waals surface area contributed by atoms with Gasteiger partial charge in [-0.15, -0.1) is 0 Å². The fourth-order valence-electron chi connectivity index (χ4n) is 2.74. The van der Waals surface area contributed by atoms with E-state index in [1.807, 2.05) is 0 Å². The summed E-state index contributed by atoms with van der Waals surface area (Å²) in [5, 5.41) is 11.0. The normalized spacial score (nSPS) is 14.0. The molecule has 0 fully saturated rings. The Labute approximate surface area is 160 Å². The molecule has 1 atom stereocenters. The summed E-state index contributed by atoms with van der Waals surface area (Å²) < 4.78 is 62.7. The molecule has 0 aliphatic carbocycles. The van der Waals surface area contributed by atoms with Crippen molar-refractivity contribution in [1.82, 2.24) is 9.88 Å². The van der Waals surface area contributed by atoms with Crippen molar-refractivity contribution in [2.45, 2.75) is 19.3 Å². The van der Waals surface area contributed by atoms with E-state index >= 15 is 0 Å². The summed E-state index contributed by atoms with van der Waals surface area (Å²) in [7, 11) is -1.85. The minimum absolute atomic E-state index is 0.0422. The third-order valence-electron chi connectivity index (χ3n) is 4.19. The molecule has 2 rings (SSSR count). The molecule has 1 aromatic heterocycles. The molecule has 5 nitrogen and oxygen atoms in total. The number of aromatic amines is 1. The van der Waals surface area contributed by atoms with E-state index in [0.717, 1.165) is 6.26 Å². The van der Waals surface area contributed by atoms with E-state index in [4.69, 9.17) is 11.6 Å². The smallest absolute Gasteiger partial charge is 0.373 e. The van der Waals surface area contributed by atoms with Gasteiger partial charge in [0.25, 0.3) is 0 Å². The minimum Gasteiger partial charge on any atom is -0.373 e. The van der Waals surface area contributed by atoms with Crippen molar-refractivity contribution in [2.24, 2.45) is 0 Å². The van der Waals surface area contributed by atoms with Crippen molar-refractivity contribution in [1.29, 1.82) is 0 Å². The van der Waals surface area contributed by atoms with E-state index in [1.54, 1.807) is 24.3 Å². The van der Waals surface area contributed by atoms with Crippen LogP contribution < -0.4 is 0 Å². The van der Waals surface area contributed by atoms with Crippen LogP contribution in [0.1, 0.15) is 23.2 Å². The second-order valence-electron chi connectivity index (χ2n) is 6.40. The fourth-order valence-corrected chi connectivity index (χ4v) is 3.48. The summed E-state index contributed by atoms with van der Waals surface area (Å²) in [5.41, 5.74) is -0.418. The van der Waals surface area contributed by atoms with E-state index in [0.29, 0.717) is 10.6 Å². The van der Waals surface area contributed by atoms with Gasteiger partial charge in [0.05, 0.1) is 11.4 Å². The Morgan fingerprint density at radius 2 is 1.81 bits per heavy atom. The standard InChI is InChI=1S/C17H20ClF3N2O3S/c1-10-13(11-4-6-12(18)7-5-11)14(22-15(10)17(19,20)21)16(24)23(2)8-9-27(3,25)26/h4-7,16,22,24H,8-9H2,1-3H3. The number of aliphatic hydroxyl groups excluding tert-OH is 1. The summed E-state index contributed by atoms with van der Waals surface area (Å²) in [6.45, 7) is 1.27. The van der Waals surface area contributed by atoms with Gasteiger partial charge in [-0.05, 0) is 37.2 Å². The van der Waals surface area contributed by atoms with Gasteiger partial charge in [0, 0.05) is 23.4 Å². The van der Waals surface area contributed by atoms with E-state index < -0.39 is 27.9 Å². The number of halogens is 4. The molecular weight excluding hydrogens is 405 g/mol. The van der Waals surface area contributed by atoms with Crippen LogP contribution in [0.3, 0.4) is 0 Å². The quantitative estimate of drug-likeness (QED) is 0.694. The largest absolute Gasteiger partial charge is 0.431 e. The second-order valence-corrected chi connectivity index (χ2v) is 9.10. The van der Waals surface area contributed by atoms with E-state index in [1.165, 1.54) is 18.9 Å². The van der Waals surface area contributed by atoms with Crippen molar-refractivity contribution in [3.63, 3.8) is 0 Å². The van der Waals surface area contributed by atoms with Crippen molar-refractivity contribution in [3.05, 3.63) is 46.2 Å². The summed E-state index contributed by atoms with van der Waals surface area (Å²) in [4.78, 5) is 3.55. The Hall–Kier alpha value is -1.55. The van der Waals surface area contributed by atoms with Gasteiger partial charge in [-0.25, -0.2) is 8.42 Å². The van der Waals surface area contributed by atoms with Crippen LogP contribution in [0.4, 0.5) is 13.2 Å². The lowest BCUT2D eigenvalue weighted by Gasteiger charge is -2.23. The van der Waals surface area contributed by atoms with Crippen LogP contribution in [-0.4, -0.2) is 49.0 Å². The van der Waals surface area contributed by atoms with Crippen LogP contribution >= 0.6 is 11.6 Å². The van der Waals surface area contributed by atoms with Crippen molar-refractivity contribution >= 4 is 21.4 Å². The average molecular weight is 425 g/mol. The zero-order chi connectivity index (χ0) is 20.6. The minimum atomic E-state index is -4.63. The Kier molecular flexibility index (Phi) is 6.30. The van der Waals surface area contributed by atoms with Gasteiger partial charge in [-0.1, -0.05) is 23.7 Å². The Balaban J connectivity index is 2.52. The highest BCUT2D eigenvalue weighted by atomic mass is 35.5. The highest BCUT2D eigenvalue weighted by Gasteiger charge is 2.38. The molecule has 2 aromatic rings. The highest BCUT2D eigenvalue weighted by molar-refractivity contribution is 7.90. The zero-order valence-corrected chi connectivity index (χ0v) is 16.5. The molecule has 0 spiro atoms. The molecule has 1 heterocycles. The van der Waals surface area contributed by atoms with Crippen molar-refractivity contribution in [2.75, 3.05) is 25.6 Å². The maximum absolute atomic E-state index is 13.4. The number of hydrogen-bond acceptors (Lipinski definition) is 4. The number of H-pyrrole nitrogens is 1. The summed E-state index contributed by atoms with van der Waals surface area (Å²) in [6.07, 6.45) is -5.03. The molecule has 0 saturated carbocycles. The molecule has 0 bridgehead atoms. The number of nitrogens with zero attached hydrogens (tertiary/aromatic N) is 1. The van der Waals surface area contributed by atoms with E-state index in [9.17, 15) is 26.7 Å². The fraction of sp³-hybridized carbons (Fsp3) is 0.412. The number of hydrogen-bond donors (Lipinski definition) is 2. The molecule has 1 unspecified atom stereocenters. The van der Waals surface area contributed by atoms with Gasteiger partial charge in [0.15, 0.2) is 0 Å². The molecule has 0 radical (unpaired) electrons. The SMILES string of the molecule is Cc1c(C(F)(F)F)[nH]c(C(O)N(C)CCS(C)(=O)=O)c1-c1ccc(Cl)cc1. The Bertz CT molecular complexity index is 909. The van der Waals surface area contributed by atoms with Crippen LogP contribution in [0.15, 0.2) is 24.3 Å². The van der Waals surface area contributed by atoms with Crippen LogP contribution in [0.25, 0.3) is 11.1 Å². The highest BCUT2D eigenvalue weighted by Crippen LogP contribution is 2.40. The van der Waals surface area contributed by atoms with Gasteiger partial charge < -0.3 is 10.1 Å². The number of sulfone groups is 1. The number of rotatable bonds is 6. The molecule has 0 saturated heterocycles. The first kappa shape index (κ1) is 21.7.